The van der Waals surface area contributed by atoms with Gasteiger partial charge in [-0.1, -0.05) is 48.5 Å². The van der Waals surface area contributed by atoms with Crippen molar-refractivity contribution in [3.8, 4) is 16.9 Å². The van der Waals surface area contributed by atoms with Gasteiger partial charge in [-0.15, -0.1) is 0 Å². The van der Waals surface area contributed by atoms with Gasteiger partial charge in [0, 0.05) is 5.56 Å². The Morgan fingerprint density at radius 3 is 1.93 bits per heavy atom. The van der Waals surface area contributed by atoms with E-state index in [9.17, 15) is 5.11 Å². The number of hydrogen-bond donors (Lipinski definition) is 2. The van der Waals surface area contributed by atoms with E-state index in [1.165, 1.54) is 0 Å². The monoisotopic (exact) mass is 218 g/mol. The molecule has 0 bridgehead atoms. The standard InChI is InChI=1S/C12H10O.CH4S/c13-12-9-5-4-8-11(12)10-6-2-1-3-7-10;1-2/h1-9,13H;2H,1H3. The maximum absolute atomic E-state index is 9.56. The van der Waals surface area contributed by atoms with Crippen molar-refractivity contribution in [2.24, 2.45) is 0 Å². The van der Waals surface area contributed by atoms with Crippen LogP contribution in [0.25, 0.3) is 11.1 Å². The second kappa shape index (κ2) is 6.14. The van der Waals surface area contributed by atoms with Crippen LogP contribution in [0.5, 0.6) is 5.75 Å². The third-order valence-electron chi connectivity index (χ3n) is 1.99. The van der Waals surface area contributed by atoms with Crippen molar-refractivity contribution in [1.29, 1.82) is 0 Å². The van der Waals surface area contributed by atoms with E-state index < -0.39 is 0 Å². The molecule has 0 aliphatic rings. The van der Waals surface area contributed by atoms with E-state index >= 15 is 0 Å². The summed E-state index contributed by atoms with van der Waals surface area (Å²) < 4.78 is 0. The molecule has 15 heavy (non-hydrogen) atoms. The molecule has 0 aromatic heterocycles. The van der Waals surface area contributed by atoms with Crippen molar-refractivity contribution < 1.29 is 5.11 Å². The molecule has 2 heteroatoms. The van der Waals surface area contributed by atoms with Gasteiger partial charge in [-0.05, 0) is 17.9 Å². The van der Waals surface area contributed by atoms with E-state index in [1.807, 2.05) is 48.5 Å². The van der Waals surface area contributed by atoms with Gasteiger partial charge >= 0.3 is 0 Å². The fourth-order valence-corrected chi connectivity index (χ4v) is 1.34. The van der Waals surface area contributed by atoms with E-state index in [2.05, 4.69) is 12.6 Å². The molecule has 0 aliphatic heterocycles. The second-order valence-electron chi connectivity index (χ2n) is 2.88. The molecular weight excluding hydrogens is 204 g/mol. The molecule has 0 fully saturated rings. The van der Waals surface area contributed by atoms with Gasteiger partial charge in [-0.2, -0.15) is 12.6 Å². The number of thiol groups is 1. The minimum atomic E-state index is 0.328. The molecule has 2 aromatic carbocycles. The minimum Gasteiger partial charge on any atom is -0.507 e. The van der Waals surface area contributed by atoms with E-state index in [-0.39, 0.29) is 0 Å². The average Bonchev–Trinajstić information content (AvgIpc) is 2.33. The fraction of sp³-hybridized carbons (Fsp3) is 0.0769. The highest BCUT2D eigenvalue weighted by Gasteiger charge is 2.00. The number of aromatic hydroxyl groups is 1. The smallest absolute Gasteiger partial charge is 0.123 e. The molecular formula is C13H14OS. The van der Waals surface area contributed by atoms with Crippen LogP contribution in [0, 0.1) is 0 Å². The highest BCUT2D eigenvalue weighted by atomic mass is 32.1. The second-order valence-corrected chi connectivity index (χ2v) is 2.88. The summed E-state index contributed by atoms with van der Waals surface area (Å²) in [6, 6.07) is 17.2. The Hall–Kier alpha value is -1.41. The van der Waals surface area contributed by atoms with E-state index in [1.54, 1.807) is 12.3 Å². The summed E-state index contributed by atoms with van der Waals surface area (Å²) in [6.45, 7) is 0. The number of rotatable bonds is 1. The number of phenolic OH excluding ortho intramolecular Hbond substituents is 1. The van der Waals surface area contributed by atoms with Crippen LogP contribution < -0.4 is 0 Å². The quantitative estimate of drug-likeness (QED) is 0.701. The number of para-hydroxylation sites is 1. The van der Waals surface area contributed by atoms with Crippen molar-refractivity contribution in [2.45, 2.75) is 0 Å². The molecule has 0 aliphatic carbocycles. The summed E-state index contributed by atoms with van der Waals surface area (Å²) in [5, 5.41) is 9.56. The summed E-state index contributed by atoms with van der Waals surface area (Å²) in [5.74, 6) is 0.328. The molecule has 0 spiro atoms. The van der Waals surface area contributed by atoms with Gasteiger partial charge in [0.25, 0.3) is 0 Å². The van der Waals surface area contributed by atoms with E-state index in [0.717, 1.165) is 11.1 Å². The van der Waals surface area contributed by atoms with Gasteiger partial charge in [-0.25, -0.2) is 0 Å². The van der Waals surface area contributed by atoms with Crippen LogP contribution in [0.2, 0.25) is 0 Å². The Morgan fingerprint density at radius 2 is 1.33 bits per heavy atom. The first-order valence-corrected chi connectivity index (χ1v) is 5.55. The predicted octanol–water partition coefficient (Wildman–Crippen LogP) is 3.61. The third kappa shape index (κ3) is 3.03. The lowest BCUT2D eigenvalue weighted by atomic mass is 10.1. The van der Waals surface area contributed by atoms with Crippen LogP contribution in [-0.2, 0) is 0 Å². The van der Waals surface area contributed by atoms with Crippen molar-refractivity contribution in [1.82, 2.24) is 0 Å². The van der Waals surface area contributed by atoms with Crippen LogP contribution >= 0.6 is 12.6 Å². The molecule has 0 heterocycles. The van der Waals surface area contributed by atoms with Gasteiger partial charge in [0.15, 0.2) is 0 Å². The highest BCUT2D eigenvalue weighted by Crippen LogP contribution is 2.27. The predicted molar refractivity (Wildman–Crippen MR) is 68.5 cm³/mol. The maximum atomic E-state index is 9.56. The van der Waals surface area contributed by atoms with Gasteiger partial charge in [-0.3, -0.25) is 0 Å². The Bertz CT molecular complexity index is 398. The van der Waals surface area contributed by atoms with Gasteiger partial charge in [0.2, 0.25) is 0 Å². The fourth-order valence-electron chi connectivity index (χ4n) is 1.34. The van der Waals surface area contributed by atoms with Crippen LogP contribution in [0.3, 0.4) is 0 Å². The molecule has 0 saturated heterocycles. The Kier molecular flexibility index (Phi) is 4.78. The largest absolute Gasteiger partial charge is 0.507 e. The molecule has 1 nitrogen and oxygen atoms in total. The Labute approximate surface area is 95.8 Å². The molecule has 0 unspecified atom stereocenters. The van der Waals surface area contributed by atoms with E-state index in [0.29, 0.717) is 5.75 Å². The molecule has 78 valence electrons. The Morgan fingerprint density at radius 1 is 0.800 bits per heavy atom. The van der Waals surface area contributed by atoms with Crippen LogP contribution in [0.15, 0.2) is 54.6 Å². The van der Waals surface area contributed by atoms with Crippen molar-refractivity contribution in [3.05, 3.63) is 54.6 Å². The molecule has 0 saturated carbocycles. The lowest BCUT2D eigenvalue weighted by Crippen LogP contribution is -1.76. The summed E-state index contributed by atoms with van der Waals surface area (Å²) >= 11 is 3.53. The van der Waals surface area contributed by atoms with Crippen LogP contribution in [0.4, 0.5) is 0 Å². The molecule has 0 amide bonds. The van der Waals surface area contributed by atoms with Crippen molar-refractivity contribution in [2.75, 3.05) is 6.26 Å². The van der Waals surface area contributed by atoms with Gasteiger partial charge < -0.3 is 5.11 Å². The molecule has 2 aromatic rings. The number of benzene rings is 2. The zero-order chi connectivity index (χ0) is 11.1. The minimum absolute atomic E-state index is 0.328. The van der Waals surface area contributed by atoms with Gasteiger partial charge in [0.1, 0.15) is 5.75 Å². The highest BCUT2D eigenvalue weighted by molar-refractivity contribution is 7.79. The van der Waals surface area contributed by atoms with Gasteiger partial charge in [0.05, 0.1) is 0 Å². The van der Waals surface area contributed by atoms with Crippen molar-refractivity contribution >= 4 is 12.6 Å². The zero-order valence-electron chi connectivity index (χ0n) is 8.59. The van der Waals surface area contributed by atoms with Crippen LogP contribution in [0.1, 0.15) is 0 Å². The summed E-state index contributed by atoms with van der Waals surface area (Å²) in [5.41, 5.74) is 1.92. The lowest BCUT2D eigenvalue weighted by Gasteiger charge is -2.02. The first kappa shape index (κ1) is 11.7. The molecule has 1 N–H and O–H groups in total. The van der Waals surface area contributed by atoms with Crippen LogP contribution in [-0.4, -0.2) is 11.4 Å². The summed E-state index contributed by atoms with van der Waals surface area (Å²) in [7, 11) is 0. The lowest BCUT2D eigenvalue weighted by molar-refractivity contribution is 0.477. The maximum Gasteiger partial charge on any atom is 0.123 e. The number of phenols is 1. The molecule has 2 rings (SSSR count). The topological polar surface area (TPSA) is 20.2 Å². The first-order chi connectivity index (χ1) is 7.38. The zero-order valence-corrected chi connectivity index (χ0v) is 9.49. The molecule has 0 radical (unpaired) electrons. The Balaban J connectivity index is 0.000000531. The number of hydrogen-bond acceptors (Lipinski definition) is 2. The molecule has 0 atom stereocenters. The summed E-state index contributed by atoms with van der Waals surface area (Å²) in [6.07, 6.45) is 1.69. The normalized spacial score (nSPS) is 8.93. The summed E-state index contributed by atoms with van der Waals surface area (Å²) in [4.78, 5) is 0. The first-order valence-electron chi connectivity index (χ1n) is 4.66. The van der Waals surface area contributed by atoms with Crippen molar-refractivity contribution in [3.63, 3.8) is 0 Å². The third-order valence-corrected chi connectivity index (χ3v) is 1.99. The van der Waals surface area contributed by atoms with E-state index in [4.69, 9.17) is 0 Å². The SMILES string of the molecule is CS.Oc1ccccc1-c1ccccc1. The average molecular weight is 218 g/mol.